The maximum atomic E-state index is 12.8. The second kappa shape index (κ2) is 9.62. The van der Waals surface area contributed by atoms with Gasteiger partial charge in [0.1, 0.15) is 0 Å². The fraction of sp³-hybridized carbons (Fsp3) is 0.333. The molecule has 34 heavy (non-hydrogen) atoms. The third-order valence-electron chi connectivity index (χ3n) is 5.76. The van der Waals surface area contributed by atoms with E-state index in [-0.39, 0.29) is 6.16 Å². The van der Waals surface area contributed by atoms with Crippen LogP contribution in [0.25, 0.3) is 16.9 Å². The molecule has 0 aliphatic heterocycles. The van der Waals surface area contributed by atoms with Crippen LogP contribution in [0.1, 0.15) is 37.0 Å². The molecular weight excluding hydrogens is 451 g/mol. The molecule has 2 heterocycles. The molecule has 176 valence electrons. The summed E-state index contributed by atoms with van der Waals surface area (Å²) >= 11 is 0. The Morgan fingerprint density at radius 1 is 1.03 bits per heavy atom. The molecule has 0 bridgehead atoms. The predicted octanol–water partition coefficient (Wildman–Crippen LogP) is 5.21. The summed E-state index contributed by atoms with van der Waals surface area (Å²) < 4.78 is 25.3. The van der Waals surface area contributed by atoms with Crippen LogP contribution in [0.4, 0.5) is 11.6 Å². The molecule has 0 spiro atoms. The lowest BCUT2D eigenvalue weighted by Crippen LogP contribution is -2.02. The lowest BCUT2D eigenvalue weighted by Gasteiger charge is -2.17. The molecule has 0 atom stereocenters. The van der Waals surface area contributed by atoms with Crippen molar-refractivity contribution in [2.24, 2.45) is 0 Å². The zero-order valence-electron chi connectivity index (χ0n) is 19.3. The summed E-state index contributed by atoms with van der Waals surface area (Å²) in [6.45, 7) is 4.30. The number of anilines is 2. The zero-order valence-corrected chi connectivity index (χ0v) is 20.2. The zero-order chi connectivity index (χ0) is 23.5. The maximum Gasteiger partial charge on any atom is 0.335 e. The average molecular weight is 478 g/mol. The minimum atomic E-state index is -3.15. The molecule has 0 radical (unpaired) electrons. The van der Waals surface area contributed by atoms with Gasteiger partial charge in [0, 0.05) is 5.69 Å². The summed E-state index contributed by atoms with van der Waals surface area (Å²) in [7, 11) is -3.15. The van der Waals surface area contributed by atoms with Crippen molar-refractivity contribution in [3.05, 3.63) is 65.4 Å². The molecule has 1 N–H and O–H groups in total. The van der Waals surface area contributed by atoms with Crippen molar-refractivity contribution in [2.45, 2.75) is 39.3 Å². The number of hydrogen-bond acceptors (Lipinski definition) is 8. The van der Waals surface area contributed by atoms with Crippen LogP contribution in [0.15, 0.2) is 48.7 Å². The van der Waals surface area contributed by atoms with Gasteiger partial charge < -0.3 is 14.4 Å². The molecular formula is C24H27N6O3P. The van der Waals surface area contributed by atoms with Gasteiger partial charge in [-0.3, -0.25) is 4.57 Å². The minimum absolute atomic E-state index is 0.225. The van der Waals surface area contributed by atoms with Crippen LogP contribution in [-0.2, 0) is 32.6 Å². The van der Waals surface area contributed by atoms with Crippen LogP contribution in [0.3, 0.4) is 0 Å². The highest BCUT2D eigenvalue weighted by Crippen LogP contribution is 2.51. The van der Waals surface area contributed by atoms with Crippen molar-refractivity contribution in [2.75, 3.05) is 18.5 Å². The van der Waals surface area contributed by atoms with Gasteiger partial charge in [0.25, 0.3) is 0 Å². The van der Waals surface area contributed by atoms with Crippen molar-refractivity contribution in [1.82, 2.24) is 25.0 Å². The number of nitrogens with zero attached hydrogens (tertiary/aromatic N) is 5. The number of benzene rings is 2. The molecule has 2 aromatic heterocycles. The molecule has 0 saturated carbocycles. The maximum absolute atomic E-state index is 12.8. The van der Waals surface area contributed by atoms with E-state index in [1.165, 1.54) is 17.5 Å². The van der Waals surface area contributed by atoms with Crippen molar-refractivity contribution in [1.29, 1.82) is 0 Å². The minimum Gasteiger partial charge on any atom is -0.324 e. The molecule has 9 nitrogen and oxygen atoms in total. The van der Waals surface area contributed by atoms with E-state index in [1.54, 1.807) is 24.7 Å². The summed E-state index contributed by atoms with van der Waals surface area (Å²) in [4.78, 5) is 9.04. The first-order valence-electron chi connectivity index (χ1n) is 11.5. The third kappa shape index (κ3) is 4.73. The van der Waals surface area contributed by atoms with Gasteiger partial charge in [-0.15, -0.1) is 5.10 Å². The van der Waals surface area contributed by atoms with E-state index in [1.807, 2.05) is 24.3 Å². The average Bonchev–Trinajstić information content (AvgIpc) is 3.46. The van der Waals surface area contributed by atoms with Gasteiger partial charge in [-0.25, -0.2) is 4.98 Å². The standard InChI is InChI=1S/C24H27N6O3P/c1-3-32-34(31,33-4-2)16-17-8-11-20(12-9-17)26-24-25-15-22-23(27-24)30(29-28-22)21-13-10-18-6-5-7-19(18)14-21/h8-15H,3-7,16H2,1-2H3,(H,25,26,27). The Balaban J connectivity index is 1.35. The molecule has 0 unspecified atom stereocenters. The Labute approximate surface area is 198 Å². The number of fused-ring (bicyclic) bond motifs is 2. The van der Waals surface area contributed by atoms with Crippen molar-refractivity contribution in [3.63, 3.8) is 0 Å². The number of aryl methyl sites for hydroxylation is 2. The Morgan fingerprint density at radius 2 is 1.79 bits per heavy atom. The van der Waals surface area contributed by atoms with Crippen molar-refractivity contribution < 1.29 is 13.6 Å². The topological polar surface area (TPSA) is 104 Å². The molecule has 5 rings (SSSR count). The fourth-order valence-electron chi connectivity index (χ4n) is 4.22. The first kappa shape index (κ1) is 22.7. The Kier molecular flexibility index (Phi) is 6.41. The molecule has 1 aliphatic rings. The van der Waals surface area contributed by atoms with Crippen LogP contribution in [0, 0.1) is 0 Å². The van der Waals surface area contributed by atoms with Gasteiger partial charge in [0.15, 0.2) is 11.2 Å². The predicted molar refractivity (Wildman–Crippen MR) is 131 cm³/mol. The first-order valence-corrected chi connectivity index (χ1v) is 13.2. The van der Waals surface area contributed by atoms with Gasteiger partial charge in [0.2, 0.25) is 5.95 Å². The molecule has 0 amide bonds. The van der Waals surface area contributed by atoms with Gasteiger partial charge in [-0.05, 0) is 74.1 Å². The lowest BCUT2D eigenvalue weighted by molar-refractivity contribution is 0.219. The van der Waals surface area contributed by atoms with Crippen LogP contribution < -0.4 is 5.32 Å². The van der Waals surface area contributed by atoms with Gasteiger partial charge in [-0.2, -0.15) is 9.67 Å². The second-order valence-corrected chi connectivity index (χ2v) is 10.2. The molecule has 2 aromatic carbocycles. The van der Waals surface area contributed by atoms with Gasteiger partial charge in [0.05, 0.1) is 31.3 Å². The van der Waals surface area contributed by atoms with Crippen LogP contribution in [0.2, 0.25) is 0 Å². The van der Waals surface area contributed by atoms with Crippen LogP contribution in [0.5, 0.6) is 0 Å². The fourth-order valence-corrected chi connectivity index (χ4v) is 5.92. The molecule has 0 fully saturated rings. The van der Waals surface area contributed by atoms with Crippen LogP contribution >= 0.6 is 7.60 Å². The van der Waals surface area contributed by atoms with E-state index in [4.69, 9.17) is 9.05 Å². The monoisotopic (exact) mass is 478 g/mol. The number of aromatic nitrogens is 5. The summed E-state index contributed by atoms with van der Waals surface area (Å²) in [6, 6.07) is 14.0. The smallest absolute Gasteiger partial charge is 0.324 e. The molecule has 4 aromatic rings. The van der Waals surface area contributed by atoms with Gasteiger partial charge >= 0.3 is 7.60 Å². The van der Waals surface area contributed by atoms with E-state index in [0.717, 1.165) is 29.8 Å². The van der Waals surface area contributed by atoms with E-state index in [9.17, 15) is 4.57 Å². The largest absolute Gasteiger partial charge is 0.335 e. The Hall–Kier alpha value is -3.13. The quantitative estimate of drug-likeness (QED) is 0.327. The lowest BCUT2D eigenvalue weighted by atomic mass is 10.1. The highest BCUT2D eigenvalue weighted by atomic mass is 31.2. The summed E-state index contributed by atoms with van der Waals surface area (Å²) in [5.74, 6) is 0.444. The second-order valence-electron chi connectivity index (χ2n) is 8.14. The third-order valence-corrected chi connectivity index (χ3v) is 7.81. The van der Waals surface area contributed by atoms with Crippen LogP contribution in [-0.4, -0.2) is 38.2 Å². The SMILES string of the molecule is CCOP(=O)(Cc1ccc(Nc2ncc3nnn(-c4ccc5c(c4)CCC5)c3n2)cc1)OCC. The number of hydrogen-bond donors (Lipinski definition) is 1. The molecule has 1 aliphatic carbocycles. The van der Waals surface area contributed by atoms with E-state index in [2.05, 4.69) is 43.8 Å². The Morgan fingerprint density at radius 3 is 2.56 bits per heavy atom. The van der Waals surface area contributed by atoms with E-state index < -0.39 is 7.60 Å². The normalized spacial score (nSPS) is 13.4. The van der Waals surface area contributed by atoms with Gasteiger partial charge in [-0.1, -0.05) is 23.4 Å². The van der Waals surface area contributed by atoms with E-state index >= 15 is 0 Å². The van der Waals surface area contributed by atoms with Crippen molar-refractivity contribution >= 4 is 30.4 Å². The number of nitrogens with one attached hydrogen (secondary N) is 1. The highest BCUT2D eigenvalue weighted by molar-refractivity contribution is 7.53. The summed E-state index contributed by atoms with van der Waals surface area (Å²) in [5.41, 5.74) is 6.67. The molecule has 0 saturated heterocycles. The van der Waals surface area contributed by atoms with Crippen molar-refractivity contribution in [3.8, 4) is 5.69 Å². The summed E-state index contributed by atoms with van der Waals surface area (Å²) in [6.07, 6.45) is 5.32. The number of rotatable bonds is 9. The Bertz CT molecular complexity index is 1340. The highest BCUT2D eigenvalue weighted by Gasteiger charge is 2.24. The summed E-state index contributed by atoms with van der Waals surface area (Å²) in [5, 5.41) is 11.7. The first-order chi connectivity index (χ1) is 16.6. The van der Waals surface area contributed by atoms with E-state index in [0.29, 0.717) is 30.3 Å². The molecule has 10 heteroatoms.